The number of ether oxygens (including phenoxy) is 1. The zero-order valence-corrected chi connectivity index (χ0v) is 46.3. The summed E-state index contributed by atoms with van der Waals surface area (Å²) in [6.45, 7) is 14.2. The average molecular weight is 1140 g/mol. The molecule has 3 saturated heterocycles. The number of hydrogen-bond donors (Lipinski definition) is 3. The first-order valence-electron chi connectivity index (χ1n) is 25.7. The number of halogens is 5. The van der Waals surface area contributed by atoms with Gasteiger partial charge in [-0.3, -0.25) is 14.6 Å². The molecule has 2 aliphatic carbocycles. The topological polar surface area (TPSA) is 144 Å². The number of anilines is 2. The van der Waals surface area contributed by atoms with E-state index in [2.05, 4.69) is 49.3 Å². The number of alkyl halides is 3. The number of carbonyl (C=O) groups is 1. The van der Waals surface area contributed by atoms with Crippen molar-refractivity contribution in [3.8, 4) is 0 Å². The predicted molar refractivity (Wildman–Crippen MR) is 294 cm³/mol. The summed E-state index contributed by atoms with van der Waals surface area (Å²) < 4.78 is 105. The van der Waals surface area contributed by atoms with Crippen LogP contribution in [-0.2, 0) is 24.6 Å². The molecule has 0 radical (unpaired) electrons. The number of sulfonamides is 1. The third kappa shape index (κ3) is 14.2. The fourth-order valence-electron chi connectivity index (χ4n) is 11.1. The standard InChI is InChI=1S/C54H67ClF3N7O6S3.ClH/c1-52(38-64-26-23-59-24-27-64)22-18-48(40-8-12-43(55)13-9-40)42(35-52)36-62-28-30-65(31-29-62)45-14-10-41(11-15-45)51(66)61-74(69,70)47-16-17-49(50(34-47)73(67,68)54(56,57)58)60-44(37-72-46-6-3-2-4-7-46)19-25-63-32-33-71-53(39-63)20-5-21-53;/h2-4,6-17,34,44,59-60H,5,18-33,35-39H2,1H3,(H,61,66);1H/t44?,52-;/m1./s1. The van der Waals surface area contributed by atoms with Crippen molar-refractivity contribution in [3.05, 3.63) is 119 Å². The van der Waals surface area contributed by atoms with Gasteiger partial charge in [0.25, 0.3) is 25.8 Å². The minimum atomic E-state index is -6.07. The number of hydrogen-bond acceptors (Lipinski definition) is 13. The van der Waals surface area contributed by atoms with Crippen molar-refractivity contribution in [2.75, 3.05) is 108 Å². The van der Waals surface area contributed by atoms with Crippen LogP contribution in [0, 0.1) is 5.41 Å². The molecular formula is C54H68Cl2F3N7O6S3. The Hall–Kier alpha value is -3.89. The number of sulfone groups is 1. The van der Waals surface area contributed by atoms with E-state index in [9.17, 15) is 34.8 Å². The summed E-state index contributed by atoms with van der Waals surface area (Å²) in [7, 11) is -10.9. The van der Waals surface area contributed by atoms with Crippen LogP contribution in [0.1, 0.15) is 67.8 Å². The van der Waals surface area contributed by atoms with Gasteiger partial charge >= 0.3 is 5.51 Å². The van der Waals surface area contributed by atoms with Gasteiger partial charge in [0.15, 0.2) is 0 Å². The molecule has 1 saturated carbocycles. The number of allylic oxidation sites excluding steroid dienone is 1. The van der Waals surface area contributed by atoms with Crippen LogP contribution in [-0.4, -0.2) is 152 Å². The minimum absolute atomic E-state index is 0. The Bertz CT molecular complexity index is 2850. The monoisotopic (exact) mass is 1130 g/mol. The summed E-state index contributed by atoms with van der Waals surface area (Å²) in [6, 6.07) is 26.1. The van der Waals surface area contributed by atoms with Crippen molar-refractivity contribution < 1.29 is 39.5 Å². The van der Waals surface area contributed by atoms with Gasteiger partial charge in [-0.2, -0.15) is 13.2 Å². The lowest BCUT2D eigenvalue weighted by atomic mass is 9.71. The highest BCUT2D eigenvalue weighted by Crippen LogP contribution is 2.44. The Balaban J connectivity index is 0.00000747. The third-order valence-electron chi connectivity index (χ3n) is 15.4. The quantitative estimate of drug-likeness (QED) is 0.0817. The van der Waals surface area contributed by atoms with Crippen molar-refractivity contribution in [2.24, 2.45) is 5.41 Å². The molecule has 9 rings (SSSR count). The zero-order valence-electron chi connectivity index (χ0n) is 42.3. The smallest absolute Gasteiger partial charge is 0.380 e. The summed E-state index contributed by atoms with van der Waals surface area (Å²) >= 11 is 7.76. The maximum atomic E-state index is 14.4. The van der Waals surface area contributed by atoms with E-state index < -0.39 is 52.8 Å². The van der Waals surface area contributed by atoms with Crippen molar-refractivity contribution >= 4 is 78.5 Å². The summed E-state index contributed by atoms with van der Waals surface area (Å²) in [5.41, 5.74) is -1.17. The van der Waals surface area contributed by atoms with Crippen LogP contribution in [0.25, 0.3) is 5.57 Å². The van der Waals surface area contributed by atoms with Gasteiger partial charge in [0, 0.05) is 118 Å². The number of benzene rings is 4. The number of thioether (sulfide) groups is 1. The van der Waals surface area contributed by atoms with Crippen LogP contribution in [0.3, 0.4) is 0 Å². The van der Waals surface area contributed by atoms with E-state index in [0.29, 0.717) is 37.9 Å². The molecule has 0 aromatic heterocycles. The first-order valence-corrected chi connectivity index (χ1v) is 30.0. The molecule has 75 heavy (non-hydrogen) atoms. The molecule has 408 valence electrons. The Morgan fingerprint density at radius 1 is 0.853 bits per heavy atom. The number of piperazine rings is 2. The number of morpholine rings is 1. The Kier molecular flexibility index (Phi) is 18.7. The molecule has 3 N–H and O–H groups in total. The highest BCUT2D eigenvalue weighted by molar-refractivity contribution is 7.99. The van der Waals surface area contributed by atoms with Crippen molar-refractivity contribution in [1.29, 1.82) is 0 Å². The van der Waals surface area contributed by atoms with Crippen LogP contribution in [0.5, 0.6) is 0 Å². The van der Waals surface area contributed by atoms with Gasteiger partial charge in [0.2, 0.25) is 0 Å². The highest BCUT2D eigenvalue weighted by Gasteiger charge is 2.49. The molecule has 2 atom stereocenters. The largest absolute Gasteiger partial charge is 0.501 e. The second kappa shape index (κ2) is 24.4. The molecule has 4 fully saturated rings. The fourth-order valence-corrected chi connectivity index (χ4v) is 14.2. The lowest BCUT2D eigenvalue weighted by Gasteiger charge is -2.48. The summed E-state index contributed by atoms with van der Waals surface area (Å²) in [6.07, 6.45) is 6.65. The lowest BCUT2D eigenvalue weighted by Crippen LogP contribution is -2.56. The normalized spacial score (nSPS) is 21.5. The maximum Gasteiger partial charge on any atom is 0.501 e. The second-order valence-corrected chi connectivity index (χ2v) is 26.0. The molecule has 3 heterocycles. The van der Waals surface area contributed by atoms with Crippen LogP contribution >= 0.6 is 35.8 Å². The SMILES string of the molecule is C[C@@]1(CN2CCNCC2)CCC(c2ccc(Cl)cc2)=C(CN2CCN(c3ccc(C(=O)NS(=O)(=O)c4ccc(NC(CCN5CCOC6(CCC6)C5)CSc5ccccc5)c(S(=O)(=O)C(F)(F)F)c4)cc3)CC2)C1.Cl. The molecule has 1 unspecified atom stereocenters. The third-order valence-corrected chi connectivity index (χ3v) is 19.6. The molecule has 4 aromatic carbocycles. The van der Waals surface area contributed by atoms with E-state index in [1.54, 1.807) is 12.1 Å². The Morgan fingerprint density at radius 2 is 1.56 bits per heavy atom. The molecule has 4 aromatic rings. The van der Waals surface area contributed by atoms with Gasteiger partial charge in [-0.15, -0.1) is 24.2 Å². The molecule has 5 aliphatic rings. The predicted octanol–water partition coefficient (Wildman–Crippen LogP) is 9.06. The van der Waals surface area contributed by atoms with Crippen LogP contribution in [0.4, 0.5) is 24.5 Å². The van der Waals surface area contributed by atoms with Crippen LogP contribution < -0.4 is 20.3 Å². The van der Waals surface area contributed by atoms with Gasteiger partial charge < -0.3 is 25.2 Å². The van der Waals surface area contributed by atoms with Gasteiger partial charge in [-0.05, 0) is 128 Å². The summed E-state index contributed by atoms with van der Waals surface area (Å²) in [5.74, 6) is -0.645. The first-order chi connectivity index (χ1) is 35.4. The molecule has 21 heteroatoms. The minimum Gasteiger partial charge on any atom is -0.380 e. The first kappa shape index (κ1) is 57.3. The number of nitrogens with zero attached hydrogens (tertiary/aromatic N) is 4. The van der Waals surface area contributed by atoms with E-state index in [-0.39, 0.29) is 29.0 Å². The Labute approximate surface area is 455 Å². The molecule has 0 bridgehead atoms. The number of carbonyl (C=O) groups excluding carboxylic acids is 1. The number of amides is 1. The van der Waals surface area contributed by atoms with E-state index in [1.807, 2.05) is 47.2 Å². The number of nitrogens with one attached hydrogen (secondary N) is 3. The van der Waals surface area contributed by atoms with Gasteiger partial charge in [-0.25, -0.2) is 21.6 Å². The van der Waals surface area contributed by atoms with Gasteiger partial charge in [0.05, 0.1) is 22.8 Å². The zero-order chi connectivity index (χ0) is 52.1. The maximum absolute atomic E-state index is 14.4. The molecule has 1 spiro atoms. The highest BCUT2D eigenvalue weighted by atomic mass is 35.5. The van der Waals surface area contributed by atoms with E-state index in [0.717, 1.165) is 138 Å². The van der Waals surface area contributed by atoms with Crippen molar-refractivity contribution in [2.45, 2.75) is 83.7 Å². The van der Waals surface area contributed by atoms with Gasteiger partial charge in [-0.1, -0.05) is 54.4 Å². The van der Waals surface area contributed by atoms with E-state index in [1.165, 1.54) is 40.6 Å². The lowest BCUT2D eigenvalue weighted by molar-refractivity contribution is -0.151. The van der Waals surface area contributed by atoms with Crippen molar-refractivity contribution in [3.63, 3.8) is 0 Å². The molecule has 13 nitrogen and oxygen atoms in total. The molecule has 1 amide bonds. The molecular weight excluding hydrogens is 1070 g/mol. The average Bonchev–Trinajstić information content (AvgIpc) is 3.37. The Morgan fingerprint density at radius 3 is 2.23 bits per heavy atom. The van der Waals surface area contributed by atoms with E-state index in [4.69, 9.17) is 16.3 Å². The van der Waals surface area contributed by atoms with Crippen LogP contribution in [0.15, 0.2) is 117 Å². The van der Waals surface area contributed by atoms with Gasteiger partial charge in [0.1, 0.15) is 4.90 Å². The van der Waals surface area contributed by atoms with E-state index >= 15 is 0 Å². The molecule has 3 aliphatic heterocycles. The summed E-state index contributed by atoms with van der Waals surface area (Å²) in [4.78, 5) is 22.0. The fraction of sp³-hybridized carbons (Fsp3) is 0.500. The van der Waals surface area contributed by atoms with Crippen molar-refractivity contribution in [1.82, 2.24) is 24.7 Å². The summed E-state index contributed by atoms with van der Waals surface area (Å²) in [5, 5.41) is 7.24. The second-order valence-electron chi connectivity index (χ2n) is 20.9. The number of rotatable bonds is 18. The van der Waals surface area contributed by atoms with Crippen LogP contribution in [0.2, 0.25) is 5.02 Å².